The Morgan fingerprint density at radius 1 is 1.35 bits per heavy atom. The van der Waals surface area contributed by atoms with Gasteiger partial charge < -0.3 is 19.7 Å². The van der Waals surface area contributed by atoms with Crippen molar-refractivity contribution >= 4 is 22.8 Å². The lowest BCUT2D eigenvalue weighted by Gasteiger charge is -2.32. The molecule has 1 fully saturated rings. The van der Waals surface area contributed by atoms with E-state index in [9.17, 15) is 9.59 Å². The van der Waals surface area contributed by atoms with E-state index >= 15 is 0 Å². The maximum absolute atomic E-state index is 12.5. The molecule has 1 amide bonds. The summed E-state index contributed by atoms with van der Waals surface area (Å²) < 4.78 is 5.14. The third-order valence-electron chi connectivity index (χ3n) is 3.47. The molecule has 0 bridgehead atoms. The highest BCUT2D eigenvalue weighted by Gasteiger charge is 2.33. The average Bonchev–Trinajstić information content (AvgIpc) is 2.93. The van der Waals surface area contributed by atoms with Crippen LogP contribution in [0.1, 0.15) is 10.4 Å². The molecule has 1 aromatic carbocycles. The van der Waals surface area contributed by atoms with Gasteiger partial charge in [-0.1, -0.05) is 0 Å². The second kappa shape index (κ2) is 4.97. The molecule has 1 aromatic heterocycles. The fourth-order valence-electron chi connectivity index (χ4n) is 2.40. The number of rotatable bonds is 2. The monoisotopic (exact) mass is 274 g/mol. The van der Waals surface area contributed by atoms with Crippen LogP contribution < -0.4 is 0 Å². The number of hydrogen-bond acceptors (Lipinski definition) is 3. The van der Waals surface area contributed by atoms with Gasteiger partial charge in [0.1, 0.15) is 0 Å². The summed E-state index contributed by atoms with van der Waals surface area (Å²) in [5, 5.41) is 10.1. The maximum atomic E-state index is 12.5. The lowest BCUT2D eigenvalue weighted by molar-refractivity contribution is -0.147. The zero-order chi connectivity index (χ0) is 14.1. The highest BCUT2D eigenvalue weighted by molar-refractivity contribution is 5.99. The summed E-state index contributed by atoms with van der Waals surface area (Å²) in [6.07, 6.45) is 1.80. The van der Waals surface area contributed by atoms with Crippen LogP contribution in [0.3, 0.4) is 0 Å². The Hall–Kier alpha value is -2.34. The number of hydrogen-bond donors (Lipinski definition) is 2. The number of nitrogens with one attached hydrogen (secondary N) is 1. The van der Waals surface area contributed by atoms with E-state index in [1.54, 1.807) is 18.3 Å². The van der Waals surface area contributed by atoms with Gasteiger partial charge in [-0.05, 0) is 24.3 Å². The zero-order valence-electron chi connectivity index (χ0n) is 10.7. The van der Waals surface area contributed by atoms with Gasteiger partial charge in [0.2, 0.25) is 0 Å². The summed E-state index contributed by atoms with van der Waals surface area (Å²) in [6, 6.07) is 6.25. The van der Waals surface area contributed by atoms with Crippen LogP contribution in [0.25, 0.3) is 10.9 Å². The van der Waals surface area contributed by atoms with Crippen LogP contribution in [-0.4, -0.2) is 52.7 Å². The molecule has 0 saturated carbocycles. The molecule has 0 radical (unpaired) electrons. The van der Waals surface area contributed by atoms with Crippen molar-refractivity contribution in [2.24, 2.45) is 0 Å². The first-order chi connectivity index (χ1) is 9.66. The Kier molecular flexibility index (Phi) is 3.15. The van der Waals surface area contributed by atoms with Gasteiger partial charge in [-0.2, -0.15) is 0 Å². The molecule has 0 spiro atoms. The standard InChI is InChI=1S/C14H14N2O4/c17-13(16-5-6-20-8-12(16)14(18)19)10-1-2-11-9(7-10)3-4-15-11/h1-4,7,12,15H,5-6,8H2,(H,18,19)/t12-/m1/s1. The van der Waals surface area contributed by atoms with Gasteiger partial charge in [0.25, 0.3) is 5.91 Å². The number of aliphatic carboxylic acids is 1. The van der Waals surface area contributed by atoms with Gasteiger partial charge in [0, 0.05) is 29.2 Å². The van der Waals surface area contributed by atoms with Gasteiger partial charge >= 0.3 is 5.97 Å². The van der Waals surface area contributed by atoms with E-state index in [4.69, 9.17) is 9.84 Å². The summed E-state index contributed by atoms with van der Waals surface area (Å²) in [5.74, 6) is -1.32. The number of carboxylic acids is 1. The molecule has 6 nitrogen and oxygen atoms in total. The van der Waals surface area contributed by atoms with Crippen LogP contribution in [0.4, 0.5) is 0 Å². The normalized spacial score (nSPS) is 19.2. The fraction of sp³-hybridized carbons (Fsp3) is 0.286. The van der Waals surface area contributed by atoms with E-state index in [0.717, 1.165) is 10.9 Å². The fourth-order valence-corrected chi connectivity index (χ4v) is 2.40. The molecule has 20 heavy (non-hydrogen) atoms. The van der Waals surface area contributed by atoms with Crippen molar-refractivity contribution in [2.45, 2.75) is 6.04 Å². The van der Waals surface area contributed by atoms with Crippen LogP contribution in [0.2, 0.25) is 0 Å². The third kappa shape index (κ3) is 2.14. The van der Waals surface area contributed by atoms with Crippen molar-refractivity contribution in [1.29, 1.82) is 0 Å². The predicted octanol–water partition coefficient (Wildman–Crippen LogP) is 1.09. The van der Waals surface area contributed by atoms with Gasteiger partial charge in [-0.25, -0.2) is 4.79 Å². The van der Waals surface area contributed by atoms with Crippen molar-refractivity contribution in [3.63, 3.8) is 0 Å². The molecular formula is C14H14N2O4. The van der Waals surface area contributed by atoms with Gasteiger partial charge in [-0.3, -0.25) is 4.79 Å². The molecule has 3 rings (SSSR count). The minimum atomic E-state index is -1.04. The molecule has 104 valence electrons. The van der Waals surface area contributed by atoms with Crippen LogP contribution in [0.15, 0.2) is 30.5 Å². The highest BCUT2D eigenvalue weighted by Crippen LogP contribution is 2.18. The summed E-state index contributed by atoms with van der Waals surface area (Å²) in [7, 11) is 0. The topological polar surface area (TPSA) is 82.6 Å². The van der Waals surface area contributed by atoms with Crippen LogP contribution in [0, 0.1) is 0 Å². The summed E-state index contributed by atoms with van der Waals surface area (Å²) in [6.45, 7) is 0.691. The second-order valence-corrected chi connectivity index (χ2v) is 4.71. The number of aromatic amines is 1. The van der Waals surface area contributed by atoms with Gasteiger partial charge in [0.15, 0.2) is 6.04 Å². The molecular weight excluding hydrogens is 260 g/mol. The molecule has 2 aromatic rings. The number of amides is 1. The van der Waals surface area contributed by atoms with Crippen molar-refractivity contribution in [1.82, 2.24) is 9.88 Å². The van der Waals surface area contributed by atoms with Crippen molar-refractivity contribution in [3.05, 3.63) is 36.0 Å². The van der Waals surface area contributed by atoms with E-state index in [1.165, 1.54) is 4.90 Å². The number of benzene rings is 1. The predicted molar refractivity (Wildman–Crippen MR) is 71.6 cm³/mol. The highest BCUT2D eigenvalue weighted by atomic mass is 16.5. The Morgan fingerprint density at radius 3 is 3.00 bits per heavy atom. The molecule has 2 heterocycles. The molecule has 1 atom stereocenters. The van der Waals surface area contributed by atoms with Crippen LogP contribution in [-0.2, 0) is 9.53 Å². The lowest BCUT2D eigenvalue weighted by atomic mass is 10.1. The summed E-state index contributed by atoms with van der Waals surface area (Å²) in [4.78, 5) is 28.1. The molecule has 0 unspecified atom stereocenters. The first kappa shape index (κ1) is 12.7. The minimum absolute atomic E-state index is 0.0352. The molecule has 1 aliphatic heterocycles. The smallest absolute Gasteiger partial charge is 0.328 e. The number of morpholine rings is 1. The van der Waals surface area contributed by atoms with Crippen LogP contribution >= 0.6 is 0 Å². The van der Waals surface area contributed by atoms with Gasteiger partial charge in [0.05, 0.1) is 13.2 Å². The van der Waals surface area contributed by atoms with Crippen molar-refractivity contribution in [3.8, 4) is 0 Å². The number of carboxylic acid groups (broad SMARTS) is 1. The maximum Gasteiger partial charge on any atom is 0.328 e. The average molecular weight is 274 g/mol. The molecule has 6 heteroatoms. The lowest BCUT2D eigenvalue weighted by Crippen LogP contribution is -2.52. The largest absolute Gasteiger partial charge is 0.480 e. The zero-order valence-corrected chi connectivity index (χ0v) is 10.7. The van der Waals surface area contributed by atoms with E-state index in [2.05, 4.69) is 4.98 Å². The Bertz CT molecular complexity index is 664. The summed E-state index contributed by atoms with van der Waals surface area (Å²) in [5.41, 5.74) is 1.43. The van der Waals surface area contributed by atoms with Crippen molar-refractivity contribution < 1.29 is 19.4 Å². The van der Waals surface area contributed by atoms with Crippen LogP contribution in [0.5, 0.6) is 0 Å². The molecule has 1 saturated heterocycles. The number of ether oxygens (including phenoxy) is 1. The first-order valence-electron chi connectivity index (χ1n) is 6.35. The Labute approximate surface area is 114 Å². The first-order valence-corrected chi connectivity index (χ1v) is 6.35. The SMILES string of the molecule is O=C(O)[C@H]1COCCN1C(=O)c1ccc2[nH]ccc2c1. The number of carbonyl (C=O) groups excluding carboxylic acids is 1. The second-order valence-electron chi connectivity index (χ2n) is 4.71. The van der Waals surface area contributed by atoms with E-state index in [1.807, 2.05) is 12.1 Å². The third-order valence-corrected chi connectivity index (χ3v) is 3.47. The van der Waals surface area contributed by atoms with E-state index in [-0.39, 0.29) is 12.5 Å². The molecule has 0 aliphatic carbocycles. The summed E-state index contributed by atoms with van der Waals surface area (Å²) >= 11 is 0. The number of nitrogens with zero attached hydrogens (tertiary/aromatic N) is 1. The minimum Gasteiger partial charge on any atom is -0.480 e. The molecule has 2 N–H and O–H groups in total. The number of aromatic nitrogens is 1. The van der Waals surface area contributed by atoms with E-state index in [0.29, 0.717) is 18.7 Å². The van der Waals surface area contributed by atoms with Gasteiger partial charge in [-0.15, -0.1) is 0 Å². The quantitative estimate of drug-likeness (QED) is 0.859. The van der Waals surface area contributed by atoms with Crippen molar-refractivity contribution in [2.75, 3.05) is 19.8 Å². The van der Waals surface area contributed by atoms with E-state index < -0.39 is 12.0 Å². The number of H-pyrrole nitrogens is 1. The number of fused-ring (bicyclic) bond motifs is 1. The Balaban J connectivity index is 1.91. The Morgan fingerprint density at radius 2 is 2.20 bits per heavy atom. The number of carbonyl (C=O) groups is 2. The molecule has 1 aliphatic rings.